The topological polar surface area (TPSA) is 34.1 Å². The molecule has 0 aliphatic rings. The molecule has 0 spiro atoms. The zero-order valence-corrected chi connectivity index (χ0v) is 13.3. The summed E-state index contributed by atoms with van der Waals surface area (Å²) >= 11 is 5.58. The summed E-state index contributed by atoms with van der Waals surface area (Å²) in [4.78, 5) is 0.330. The second kappa shape index (κ2) is 8.08. The highest BCUT2D eigenvalue weighted by Crippen LogP contribution is 2.15. The minimum atomic E-state index is -3.33. The summed E-state index contributed by atoms with van der Waals surface area (Å²) in [6.45, 7) is 4.01. The van der Waals surface area contributed by atoms with Crippen LogP contribution in [0.3, 0.4) is 0 Å². The molecule has 4 heteroatoms. The largest absolute Gasteiger partial charge is 0.223 e. The molecule has 108 valence electrons. The van der Waals surface area contributed by atoms with Crippen LogP contribution in [0.4, 0.5) is 0 Å². The highest BCUT2D eigenvalue weighted by atomic mass is 35.5. The number of hydrogen-bond acceptors (Lipinski definition) is 2. The van der Waals surface area contributed by atoms with E-state index >= 15 is 0 Å². The van der Waals surface area contributed by atoms with Crippen LogP contribution in [0.1, 0.15) is 20.3 Å². The number of rotatable bonds is 6. The van der Waals surface area contributed by atoms with Gasteiger partial charge in [-0.1, -0.05) is 47.5 Å². The van der Waals surface area contributed by atoms with Crippen LogP contribution in [0.5, 0.6) is 0 Å². The standard InChI is InChI=1S/C16H19ClO2S/c1-14(2)7-6-8-15(11-12-17)13-20(18,19)16-9-4-3-5-10-16/h3-5,7-12H,6,13H2,1-2H3/b12-11+,15-8+. The van der Waals surface area contributed by atoms with Crippen LogP contribution in [0.25, 0.3) is 0 Å². The zero-order chi connectivity index (χ0) is 15.0. The van der Waals surface area contributed by atoms with E-state index in [1.165, 1.54) is 11.1 Å². The Bertz CT molecular complexity index is 607. The van der Waals surface area contributed by atoms with Crippen molar-refractivity contribution in [2.75, 3.05) is 5.75 Å². The molecule has 0 aromatic heterocycles. The van der Waals surface area contributed by atoms with Gasteiger partial charge in [0.05, 0.1) is 10.6 Å². The molecule has 0 aliphatic heterocycles. The van der Waals surface area contributed by atoms with E-state index in [0.29, 0.717) is 16.9 Å². The van der Waals surface area contributed by atoms with Gasteiger partial charge >= 0.3 is 0 Å². The molecular weight excluding hydrogens is 292 g/mol. The van der Waals surface area contributed by atoms with Crippen molar-refractivity contribution in [2.24, 2.45) is 0 Å². The van der Waals surface area contributed by atoms with Crippen LogP contribution in [0.15, 0.2) is 70.1 Å². The fraction of sp³-hybridized carbons (Fsp3) is 0.250. The third-order valence-corrected chi connectivity index (χ3v) is 4.47. The van der Waals surface area contributed by atoms with E-state index in [-0.39, 0.29) is 5.75 Å². The van der Waals surface area contributed by atoms with Crippen molar-refractivity contribution in [1.82, 2.24) is 0 Å². The lowest BCUT2D eigenvalue weighted by Crippen LogP contribution is -2.08. The molecule has 0 N–H and O–H groups in total. The lowest BCUT2D eigenvalue weighted by molar-refractivity contribution is 0.598. The second-order valence-corrected chi connectivity index (χ2v) is 6.90. The van der Waals surface area contributed by atoms with Crippen molar-refractivity contribution in [3.05, 3.63) is 65.2 Å². The summed E-state index contributed by atoms with van der Waals surface area (Å²) in [6, 6.07) is 8.44. The van der Waals surface area contributed by atoms with Gasteiger partial charge in [0.15, 0.2) is 9.84 Å². The SMILES string of the molecule is CC(C)=CC/C=C(\C=C\Cl)CS(=O)(=O)c1ccccc1. The number of sulfone groups is 1. The Morgan fingerprint density at radius 3 is 2.35 bits per heavy atom. The molecule has 0 saturated heterocycles. The fourth-order valence-corrected chi connectivity index (χ4v) is 3.19. The van der Waals surface area contributed by atoms with Crippen molar-refractivity contribution in [1.29, 1.82) is 0 Å². The summed E-state index contributed by atoms with van der Waals surface area (Å²) in [5, 5.41) is 0. The minimum Gasteiger partial charge on any atom is -0.223 e. The molecule has 0 amide bonds. The molecule has 0 bridgehead atoms. The Morgan fingerprint density at radius 2 is 1.80 bits per heavy atom. The van der Waals surface area contributed by atoms with Crippen molar-refractivity contribution < 1.29 is 8.42 Å². The molecule has 1 aromatic carbocycles. The van der Waals surface area contributed by atoms with Gasteiger partial charge in [-0.3, -0.25) is 0 Å². The van der Waals surface area contributed by atoms with Crippen molar-refractivity contribution in [3.8, 4) is 0 Å². The van der Waals surface area contributed by atoms with Gasteiger partial charge in [-0.15, -0.1) is 0 Å². The average molecular weight is 311 g/mol. The Morgan fingerprint density at radius 1 is 1.15 bits per heavy atom. The van der Waals surface area contributed by atoms with Gasteiger partial charge in [-0.2, -0.15) is 0 Å². The first-order valence-electron chi connectivity index (χ1n) is 6.32. The van der Waals surface area contributed by atoms with Crippen LogP contribution in [-0.4, -0.2) is 14.2 Å². The molecule has 0 saturated carbocycles. The van der Waals surface area contributed by atoms with Gasteiger partial charge in [-0.05, 0) is 44.1 Å². The van der Waals surface area contributed by atoms with E-state index in [1.807, 2.05) is 26.0 Å². The van der Waals surface area contributed by atoms with Gasteiger partial charge in [0, 0.05) is 5.54 Å². The Hall–Kier alpha value is -1.32. The third-order valence-electron chi connectivity index (χ3n) is 2.64. The molecule has 2 nitrogen and oxygen atoms in total. The predicted molar refractivity (Wildman–Crippen MR) is 85.6 cm³/mol. The van der Waals surface area contributed by atoms with Gasteiger partial charge in [0.2, 0.25) is 0 Å². The number of hydrogen-bond donors (Lipinski definition) is 0. The third kappa shape index (κ3) is 5.76. The Labute approximate surface area is 126 Å². The molecule has 0 atom stereocenters. The monoisotopic (exact) mass is 310 g/mol. The zero-order valence-electron chi connectivity index (χ0n) is 11.7. The Balaban J connectivity index is 2.93. The van der Waals surface area contributed by atoms with E-state index < -0.39 is 9.84 Å². The van der Waals surface area contributed by atoms with Gasteiger partial charge in [-0.25, -0.2) is 8.42 Å². The molecule has 0 aliphatic carbocycles. The second-order valence-electron chi connectivity index (χ2n) is 4.66. The average Bonchev–Trinajstić information content (AvgIpc) is 2.39. The quantitative estimate of drug-likeness (QED) is 0.573. The predicted octanol–water partition coefficient (Wildman–Crippen LogP) is 4.50. The molecule has 1 aromatic rings. The lowest BCUT2D eigenvalue weighted by Gasteiger charge is -2.05. The molecule has 0 fully saturated rings. The first-order valence-corrected chi connectivity index (χ1v) is 8.41. The molecular formula is C16H19ClO2S. The maximum absolute atomic E-state index is 12.3. The normalized spacial score (nSPS) is 12.7. The maximum Gasteiger partial charge on any atom is 0.182 e. The van der Waals surface area contributed by atoms with Crippen LogP contribution < -0.4 is 0 Å². The summed E-state index contributed by atoms with van der Waals surface area (Å²) in [6.07, 6.45) is 6.24. The van der Waals surface area contributed by atoms with Crippen LogP contribution in [0, 0.1) is 0 Å². The van der Waals surface area contributed by atoms with E-state index in [1.54, 1.807) is 36.4 Å². The lowest BCUT2D eigenvalue weighted by atomic mass is 10.2. The van der Waals surface area contributed by atoms with Gasteiger partial charge in [0.25, 0.3) is 0 Å². The molecule has 1 rings (SSSR count). The van der Waals surface area contributed by atoms with Gasteiger partial charge in [0.1, 0.15) is 0 Å². The summed E-state index contributed by atoms with van der Waals surface area (Å²) in [5.41, 5.74) is 3.23. The highest BCUT2D eigenvalue weighted by molar-refractivity contribution is 7.91. The van der Waals surface area contributed by atoms with E-state index in [4.69, 9.17) is 11.6 Å². The Kier molecular flexibility index (Phi) is 6.76. The van der Waals surface area contributed by atoms with Crippen LogP contribution >= 0.6 is 11.6 Å². The van der Waals surface area contributed by atoms with E-state index in [9.17, 15) is 8.42 Å². The minimum absolute atomic E-state index is 0.0448. The number of allylic oxidation sites excluding steroid dienone is 4. The summed E-state index contributed by atoms with van der Waals surface area (Å²) < 4.78 is 24.6. The summed E-state index contributed by atoms with van der Waals surface area (Å²) in [7, 11) is -3.33. The van der Waals surface area contributed by atoms with Crippen molar-refractivity contribution in [3.63, 3.8) is 0 Å². The van der Waals surface area contributed by atoms with Gasteiger partial charge < -0.3 is 0 Å². The van der Waals surface area contributed by atoms with Crippen LogP contribution in [-0.2, 0) is 9.84 Å². The van der Waals surface area contributed by atoms with E-state index in [2.05, 4.69) is 0 Å². The molecule has 0 heterocycles. The maximum atomic E-state index is 12.3. The van der Waals surface area contributed by atoms with Crippen molar-refractivity contribution >= 4 is 21.4 Å². The number of halogens is 1. The molecule has 0 unspecified atom stereocenters. The first-order chi connectivity index (χ1) is 9.45. The highest BCUT2D eigenvalue weighted by Gasteiger charge is 2.14. The summed E-state index contributed by atoms with van der Waals surface area (Å²) in [5.74, 6) is -0.0448. The van der Waals surface area contributed by atoms with E-state index in [0.717, 1.165) is 0 Å². The fourth-order valence-electron chi connectivity index (χ4n) is 1.63. The van der Waals surface area contributed by atoms with Crippen molar-refractivity contribution in [2.45, 2.75) is 25.2 Å². The molecule has 0 radical (unpaired) electrons. The number of benzene rings is 1. The first kappa shape index (κ1) is 16.7. The smallest absolute Gasteiger partial charge is 0.182 e. The molecule has 20 heavy (non-hydrogen) atoms. The van der Waals surface area contributed by atoms with Crippen LogP contribution in [0.2, 0.25) is 0 Å².